The van der Waals surface area contributed by atoms with Crippen LogP contribution in [-0.2, 0) is 14.3 Å². The van der Waals surface area contributed by atoms with Crippen LogP contribution in [0.25, 0.3) is 0 Å². The van der Waals surface area contributed by atoms with Gasteiger partial charge in [-0.15, -0.1) is 0 Å². The van der Waals surface area contributed by atoms with Crippen molar-refractivity contribution < 1.29 is 23.9 Å². The second-order valence-corrected chi connectivity index (χ2v) is 9.28. The van der Waals surface area contributed by atoms with Gasteiger partial charge in [0.2, 0.25) is 5.91 Å². The van der Waals surface area contributed by atoms with E-state index in [0.29, 0.717) is 32.4 Å². The minimum atomic E-state index is -0.715. The number of nitrogens with zero attached hydrogens (tertiary/aromatic N) is 2. The molecule has 1 fully saturated rings. The van der Waals surface area contributed by atoms with Crippen LogP contribution in [0.3, 0.4) is 0 Å². The van der Waals surface area contributed by atoms with Crippen LogP contribution >= 0.6 is 0 Å². The summed E-state index contributed by atoms with van der Waals surface area (Å²) in [4.78, 5) is 52.1. The van der Waals surface area contributed by atoms with Crippen molar-refractivity contribution in [3.8, 4) is 0 Å². The molecule has 4 amide bonds. The average molecular weight is 437 g/mol. The number of Topliss-reactive ketones (excluding diaryl/α,β-unsaturated/α-hetero) is 1. The topological polar surface area (TPSA) is 108 Å². The lowest BCUT2D eigenvalue weighted by Crippen LogP contribution is -2.58. The third-order valence-electron chi connectivity index (χ3n) is 5.36. The lowest BCUT2D eigenvalue weighted by Gasteiger charge is -2.33. The summed E-state index contributed by atoms with van der Waals surface area (Å²) in [5, 5.41) is 4.07. The van der Waals surface area contributed by atoms with E-state index in [2.05, 4.69) is 10.7 Å². The molecule has 0 spiro atoms. The third kappa shape index (κ3) is 7.25. The maximum atomic E-state index is 13.2. The third-order valence-corrected chi connectivity index (χ3v) is 5.36. The minimum Gasteiger partial charge on any atom is -0.443 e. The molecule has 31 heavy (non-hydrogen) atoms. The molecule has 2 N–H and O–H groups in total. The highest BCUT2D eigenvalue weighted by atomic mass is 16.6. The Balaban J connectivity index is 2.24. The molecule has 0 aromatic heterocycles. The van der Waals surface area contributed by atoms with Gasteiger partial charge in [-0.1, -0.05) is 19.1 Å². The molecule has 0 radical (unpaired) electrons. The van der Waals surface area contributed by atoms with E-state index in [0.717, 1.165) is 12.8 Å². The summed E-state index contributed by atoms with van der Waals surface area (Å²) >= 11 is 0. The van der Waals surface area contributed by atoms with E-state index in [1.165, 1.54) is 16.8 Å². The Labute approximate surface area is 184 Å². The number of nitrogens with one attached hydrogen (secondary N) is 2. The van der Waals surface area contributed by atoms with Crippen LogP contribution in [0.4, 0.5) is 9.59 Å². The summed E-state index contributed by atoms with van der Waals surface area (Å²) in [7, 11) is 0. The molecule has 9 heteroatoms. The molecule has 2 aliphatic rings. The van der Waals surface area contributed by atoms with E-state index >= 15 is 0 Å². The van der Waals surface area contributed by atoms with Crippen molar-refractivity contribution in [3.05, 3.63) is 12.2 Å². The van der Waals surface area contributed by atoms with Crippen LogP contribution in [0, 0.1) is 5.92 Å². The number of hydrogen-bond donors (Lipinski definition) is 2. The van der Waals surface area contributed by atoms with Gasteiger partial charge in [0.15, 0.2) is 5.78 Å². The number of allylic oxidation sites excluding steroid dienone is 1. The highest BCUT2D eigenvalue weighted by molar-refractivity contribution is 5.92. The smallest absolute Gasteiger partial charge is 0.426 e. The Morgan fingerprint density at radius 1 is 1.16 bits per heavy atom. The van der Waals surface area contributed by atoms with Crippen LogP contribution in [-0.4, -0.2) is 64.5 Å². The first-order chi connectivity index (χ1) is 14.5. The number of ketones is 1. The fourth-order valence-corrected chi connectivity index (χ4v) is 3.84. The van der Waals surface area contributed by atoms with Crippen LogP contribution in [0.2, 0.25) is 0 Å². The normalized spacial score (nSPS) is 27.1. The maximum Gasteiger partial charge on any atom is 0.426 e. The quantitative estimate of drug-likeness (QED) is 0.647. The van der Waals surface area contributed by atoms with E-state index in [1.807, 2.05) is 19.1 Å². The van der Waals surface area contributed by atoms with Crippen molar-refractivity contribution in [2.45, 2.75) is 84.4 Å². The summed E-state index contributed by atoms with van der Waals surface area (Å²) in [6.45, 7) is 9.32. The molecule has 0 saturated carbocycles. The highest BCUT2D eigenvalue weighted by Crippen LogP contribution is 2.21. The Hall–Kier alpha value is -2.58. The van der Waals surface area contributed by atoms with Crippen molar-refractivity contribution >= 4 is 23.8 Å². The highest BCUT2D eigenvalue weighted by Gasteiger charge is 2.38. The number of hydrogen-bond acceptors (Lipinski definition) is 5. The molecule has 0 aromatic rings. The van der Waals surface area contributed by atoms with E-state index in [4.69, 9.17) is 4.74 Å². The largest absolute Gasteiger partial charge is 0.443 e. The Kier molecular flexibility index (Phi) is 8.47. The molecule has 0 aromatic carbocycles. The van der Waals surface area contributed by atoms with Gasteiger partial charge < -0.3 is 15.0 Å². The summed E-state index contributed by atoms with van der Waals surface area (Å²) in [5.41, 5.74) is 1.84. The van der Waals surface area contributed by atoms with Gasteiger partial charge >= 0.3 is 12.1 Å². The molecule has 0 bridgehead atoms. The Bertz CT molecular complexity index is 715. The standard InChI is InChI=1S/C22H36N4O5/c1-15-11-8-6-7-9-14-26(24-20(29)31-22(3,4)5)21(30)25-13-10-12-17(25)19(28)23-18(15)16(2)27/h8,11,15,17-18H,6-7,9-10,12-14H2,1-5H3,(H,23,28)(H,24,29)/b11-8-. The SMILES string of the molecule is CC(=O)C1NC(=O)C2CCCN2C(=O)N(NC(=O)OC(C)(C)C)CCCC/C=C\C1C. The van der Waals surface area contributed by atoms with Crippen molar-refractivity contribution in [2.24, 2.45) is 5.92 Å². The van der Waals surface area contributed by atoms with Gasteiger partial charge in [0, 0.05) is 19.0 Å². The summed E-state index contributed by atoms with van der Waals surface area (Å²) in [6.07, 6.45) is 6.65. The predicted molar refractivity (Wildman–Crippen MR) is 116 cm³/mol. The Morgan fingerprint density at radius 3 is 2.52 bits per heavy atom. The summed E-state index contributed by atoms with van der Waals surface area (Å²) in [5.74, 6) is -0.609. The van der Waals surface area contributed by atoms with Gasteiger partial charge in [0.05, 0.1) is 6.04 Å². The van der Waals surface area contributed by atoms with Gasteiger partial charge in [0.1, 0.15) is 11.6 Å². The number of carbonyl (C=O) groups excluding carboxylic acids is 4. The molecule has 3 unspecified atom stereocenters. The van der Waals surface area contributed by atoms with E-state index in [1.54, 1.807) is 20.8 Å². The van der Waals surface area contributed by atoms with Gasteiger partial charge in [-0.2, -0.15) is 0 Å². The number of fused-ring (bicyclic) bond motifs is 1. The lowest BCUT2D eigenvalue weighted by molar-refractivity contribution is -0.130. The molecular weight excluding hydrogens is 400 g/mol. The lowest BCUT2D eigenvalue weighted by atomic mass is 9.96. The number of hydrazine groups is 1. The van der Waals surface area contributed by atoms with Gasteiger partial charge in [-0.05, 0) is 59.8 Å². The fraction of sp³-hybridized carbons (Fsp3) is 0.727. The molecule has 9 nitrogen and oxygen atoms in total. The van der Waals surface area contributed by atoms with E-state index in [-0.39, 0.29) is 17.6 Å². The fourth-order valence-electron chi connectivity index (χ4n) is 3.84. The van der Waals surface area contributed by atoms with Crippen LogP contribution in [0.1, 0.15) is 66.7 Å². The van der Waals surface area contributed by atoms with Crippen LogP contribution < -0.4 is 10.7 Å². The maximum absolute atomic E-state index is 13.2. The van der Waals surface area contributed by atoms with Crippen LogP contribution in [0.15, 0.2) is 12.2 Å². The molecule has 2 aliphatic heterocycles. The number of ether oxygens (including phenoxy) is 1. The zero-order valence-corrected chi connectivity index (χ0v) is 19.3. The zero-order chi connectivity index (χ0) is 23.2. The number of carbonyl (C=O) groups is 4. The molecule has 2 rings (SSSR count). The van der Waals surface area contributed by atoms with E-state index < -0.39 is 29.8 Å². The molecule has 0 aliphatic carbocycles. The minimum absolute atomic E-state index is 0.123. The first-order valence-electron chi connectivity index (χ1n) is 11.0. The molecule has 174 valence electrons. The first kappa shape index (κ1) is 24.7. The zero-order valence-electron chi connectivity index (χ0n) is 19.3. The molecule has 2 heterocycles. The summed E-state index contributed by atoms with van der Waals surface area (Å²) < 4.78 is 5.29. The number of amides is 4. The van der Waals surface area contributed by atoms with Crippen molar-refractivity contribution in [3.63, 3.8) is 0 Å². The predicted octanol–water partition coefficient (Wildman–Crippen LogP) is 2.76. The van der Waals surface area contributed by atoms with Gasteiger partial charge in [-0.3, -0.25) is 9.59 Å². The van der Waals surface area contributed by atoms with Crippen molar-refractivity contribution in [1.82, 2.24) is 20.7 Å². The number of rotatable bonds is 2. The second kappa shape index (κ2) is 10.6. The second-order valence-electron chi connectivity index (χ2n) is 9.28. The molecule has 1 saturated heterocycles. The number of urea groups is 1. The first-order valence-corrected chi connectivity index (χ1v) is 11.0. The van der Waals surface area contributed by atoms with Crippen molar-refractivity contribution in [1.29, 1.82) is 0 Å². The van der Waals surface area contributed by atoms with E-state index in [9.17, 15) is 19.2 Å². The average Bonchev–Trinajstić information content (AvgIpc) is 3.14. The molecule has 3 atom stereocenters. The summed E-state index contributed by atoms with van der Waals surface area (Å²) in [6, 6.07) is -1.76. The monoisotopic (exact) mass is 436 g/mol. The Morgan fingerprint density at radius 2 is 1.87 bits per heavy atom. The van der Waals surface area contributed by atoms with Crippen molar-refractivity contribution in [2.75, 3.05) is 13.1 Å². The van der Waals surface area contributed by atoms with Crippen LogP contribution in [0.5, 0.6) is 0 Å². The van der Waals surface area contributed by atoms with Gasteiger partial charge in [0.25, 0.3) is 0 Å². The molecular formula is C22H36N4O5. The van der Waals surface area contributed by atoms with Gasteiger partial charge in [-0.25, -0.2) is 20.0 Å².